The number of hydrogen-bond donors (Lipinski definition) is 0. The van der Waals surface area contributed by atoms with Gasteiger partial charge in [-0.1, -0.05) is 30.3 Å². The fourth-order valence-corrected chi connectivity index (χ4v) is 4.59. The number of fused-ring (bicyclic) bond motifs is 1. The summed E-state index contributed by atoms with van der Waals surface area (Å²) in [5, 5.41) is 3.14. The number of benzene rings is 2. The molecule has 3 heterocycles. The minimum atomic E-state index is 0.0200. The molecule has 1 saturated heterocycles. The van der Waals surface area contributed by atoms with Crippen LogP contribution in [0.5, 0.6) is 11.5 Å². The standard InChI is InChI=1S/C23H24N2O3S/c1-2-5-17(6-3-1)14-25-9-12-28-22(15-25)23-24-19(16-29-23)18-7-8-20-21(13-18)27-11-4-10-26-20/h1-3,5-8,13,16,22H,4,9-12,14-15H2. The van der Waals surface area contributed by atoms with Gasteiger partial charge in [0.15, 0.2) is 11.5 Å². The average Bonchev–Trinajstić information content (AvgIpc) is 3.14. The molecule has 6 heteroatoms. The van der Waals surface area contributed by atoms with E-state index in [1.165, 1.54) is 5.56 Å². The number of ether oxygens (including phenoxy) is 3. The van der Waals surface area contributed by atoms with Gasteiger partial charge in [0.25, 0.3) is 0 Å². The molecular weight excluding hydrogens is 384 g/mol. The van der Waals surface area contributed by atoms with E-state index in [1.54, 1.807) is 11.3 Å². The Kier molecular flexibility index (Phi) is 5.47. The number of aromatic nitrogens is 1. The minimum absolute atomic E-state index is 0.0200. The second-order valence-electron chi connectivity index (χ2n) is 7.36. The van der Waals surface area contributed by atoms with Gasteiger partial charge >= 0.3 is 0 Å². The Morgan fingerprint density at radius 1 is 1.00 bits per heavy atom. The molecule has 0 saturated carbocycles. The van der Waals surface area contributed by atoms with Crippen molar-refractivity contribution in [3.8, 4) is 22.8 Å². The fourth-order valence-electron chi connectivity index (χ4n) is 3.73. The highest BCUT2D eigenvalue weighted by atomic mass is 32.1. The molecule has 150 valence electrons. The second-order valence-corrected chi connectivity index (χ2v) is 8.25. The van der Waals surface area contributed by atoms with Gasteiger partial charge in [-0.15, -0.1) is 11.3 Å². The molecule has 29 heavy (non-hydrogen) atoms. The lowest BCUT2D eigenvalue weighted by atomic mass is 10.1. The molecule has 2 aromatic carbocycles. The minimum Gasteiger partial charge on any atom is -0.490 e. The van der Waals surface area contributed by atoms with Crippen LogP contribution in [0.2, 0.25) is 0 Å². The quantitative estimate of drug-likeness (QED) is 0.634. The Hall–Kier alpha value is -2.41. The van der Waals surface area contributed by atoms with Crippen LogP contribution in [0.4, 0.5) is 0 Å². The van der Waals surface area contributed by atoms with E-state index in [4.69, 9.17) is 19.2 Å². The first kappa shape index (κ1) is 18.6. The number of nitrogens with zero attached hydrogens (tertiary/aromatic N) is 2. The number of hydrogen-bond acceptors (Lipinski definition) is 6. The van der Waals surface area contributed by atoms with Crippen LogP contribution < -0.4 is 9.47 Å². The van der Waals surface area contributed by atoms with Crippen LogP contribution >= 0.6 is 11.3 Å². The predicted octanol–water partition coefficient (Wildman–Crippen LogP) is 4.54. The fraction of sp³-hybridized carbons (Fsp3) is 0.348. The van der Waals surface area contributed by atoms with Crippen LogP contribution in [0.25, 0.3) is 11.3 Å². The first-order valence-corrected chi connectivity index (χ1v) is 11.0. The van der Waals surface area contributed by atoms with Crippen molar-refractivity contribution in [2.75, 3.05) is 32.9 Å². The average molecular weight is 409 g/mol. The summed E-state index contributed by atoms with van der Waals surface area (Å²) in [5.41, 5.74) is 3.35. The zero-order valence-electron chi connectivity index (χ0n) is 16.3. The summed E-state index contributed by atoms with van der Waals surface area (Å²) in [7, 11) is 0. The van der Waals surface area contributed by atoms with Gasteiger partial charge in [0, 0.05) is 37.0 Å². The predicted molar refractivity (Wildman–Crippen MR) is 114 cm³/mol. The van der Waals surface area contributed by atoms with Gasteiger partial charge < -0.3 is 14.2 Å². The normalized spacial score (nSPS) is 19.7. The lowest BCUT2D eigenvalue weighted by Gasteiger charge is -2.32. The van der Waals surface area contributed by atoms with E-state index in [-0.39, 0.29) is 6.10 Å². The Morgan fingerprint density at radius 3 is 2.76 bits per heavy atom. The van der Waals surface area contributed by atoms with Gasteiger partial charge in [0.2, 0.25) is 0 Å². The van der Waals surface area contributed by atoms with Gasteiger partial charge in [-0.05, 0) is 23.8 Å². The van der Waals surface area contributed by atoms with Crippen molar-refractivity contribution >= 4 is 11.3 Å². The smallest absolute Gasteiger partial charge is 0.161 e. The second kappa shape index (κ2) is 8.53. The monoisotopic (exact) mass is 408 g/mol. The Balaban J connectivity index is 1.30. The highest BCUT2D eigenvalue weighted by Gasteiger charge is 2.25. The summed E-state index contributed by atoms with van der Waals surface area (Å²) in [6.45, 7) is 4.88. The van der Waals surface area contributed by atoms with Crippen LogP contribution in [0.1, 0.15) is 23.1 Å². The van der Waals surface area contributed by atoms with Crippen LogP contribution in [0.3, 0.4) is 0 Å². The third kappa shape index (κ3) is 4.29. The Bertz CT molecular complexity index is 960. The van der Waals surface area contributed by atoms with Gasteiger partial charge in [-0.25, -0.2) is 4.98 Å². The molecule has 1 fully saturated rings. The molecule has 5 nitrogen and oxygen atoms in total. The van der Waals surface area contributed by atoms with Crippen LogP contribution in [0.15, 0.2) is 53.9 Å². The zero-order valence-corrected chi connectivity index (χ0v) is 17.1. The molecule has 0 amide bonds. The summed E-state index contributed by atoms with van der Waals surface area (Å²) in [4.78, 5) is 7.33. The lowest BCUT2D eigenvalue weighted by Crippen LogP contribution is -2.37. The highest BCUT2D eigenvalue weighted by molar-refractivity contribution is 7.10. The maximum Gasteiger partial charge on any atom is 0.161 e. The lowest BCUT2D eigenvalue weighted by molar-refractivity contribution is -0.0329. The Labute approximate surface area is 174 Å². The van der Waals surface area contributed by atoms with Crippen LogP contribution in [-0.2, 0) is 11.3 Å². The first-order valence-electron chi connectivity index (χ1n) is 10.1. The summed E-state index contributed by atoms with van der Waals surface area (Å²) < 4.78 is 17.6. The maximum atomic E-state index is 6.05. The van der Waals surface area contributed by atoms with Crippen molar-refractivity contribution < 1.29 is 14.2 Å². The van der Waals surface area contributed by atoms with E-state index >= 15 is 0 Å². The van der Waals surface area contributed by atoms with E-state index in [2.05, 4.69) is 46.7 Å². The van der Waals surface area contributed by atoms with Crippen molar-refractivity contribution in [3.63, 3.8) is 0 Å². The summed E-state index contributed by atoms with van der Waals surface area (Å²) in [6, 6.07) is 16.7. The summed E-state index contributed by atoms with van der Waals surface area (Å²) in [6.07, 6.45) is 0.926. The Morgan fingerprint density at radius 2 is 1.86 bits per heavy atom. The topological polar surface area (TPSA) is 43.8 Å². The van der Waals surface area contributed by atoms with Crippen LogP contribution in [-0.4, -0.2) is 42.8 Å². The molecule has 1 aromatic heterocycles. The summed E-state index contributed by atoms with van der Waals surface area (Å²) >= 11 is 1.67. The molecular formula is C23H24N2O3S. The number of morpholine rings is 1. The van der Waals surface area contributed by atoms with Crippen molar-refractivity contribution in [1.29, 1.82) is 0 Å². The zero-order chi connectivity index (χ0) is 19.5. The molecule has 0 bridgehead atoms. The third-order valence-electron chi connectivity index (χ3n) is 5.24. The largest absolute Gasteiger partial charge is 0.490 e. The first-order chi connectivity index (χ1) is 14.3. The maximum absolute atomic E-state index is 6.05. The molecule has 0 aliphatic carbocycles. The van der Waals surface area contributed by atoms with Gasteiger partial charge in [0.05, 0.1) is 25.5 Å². The molecule has 0 spiro atoms. The molecule has 2 aliphatic rings. The molecule has 0 radical (unpaired) electrons. The van der Waals surface area contributed by atoms with E-state index in [1.807, 2.05) is 12.1 Å². The SMILES string of the molecule is c1ccc(CN2CCOC(c3nc(-c4ccc5c(c4)OCCCO5)cs3)C2)cc1. The molecule has 1 unspecified atom stereocenters. The third-order valence-corrected chi connectivity index (χ3v) is 6.18. The molecule has 3 aromatic rings. The van der Waals surface area contributed by atoms with Crippen molar-refractivity contribution in [2.24, 2.45) is 0 Å². The summed E-state index contributed by atoms with van der Waals surface area (Å²) in [5.74, 6) is 1.62. The number of thiazole rings is 1. The van der Waals surface area contributed by atoms with Gasteiger partial charge in [-0.2, -0.15) is 0 Å². The van der Waals surface area contributed by atoms with E-state index < -0.39 is 0 Å². The van der Waals surface area contributed by atoms with Gasteiger partial charge in [-0.3, -0.25) is 4.90 Å². The van der Waals surface area contributed by atoms with Crippen molar-refractivity contribution in [2.45, 2.75) is 19.1 Å². The van der Waals surface area contributed by atoms with Gasteiger partial charge in [0.1, 0.15) is 11.1 Å². The van der Waals surface area contributed by atoms with E-state index in [0.29, 0.717) is 13.2 Å². The highest BCUT2D eigenvalue weighted by Crippen LogP contribution is 2.36. The van der Waals surface area contributed by atoms with Crippen molar-refractivity contribution in [1.82, 2.24) is 9.88 Å². The molecule has 1 atom stereocenters. The molecule has 2 aliphatic heterocycles. The molecule has 5 rings (SSSR count). The van der Waals surface area contributed by atoms with Crippen molar-refractivity contribution in [3.05, 3.63) is 64.5 Å². The number of rotatable bonds is 4. The van der Waals surface area contributed by atoms with E-state index in [9.17, 15) is 0 Å². The van der Waals surface area contributed by atoms with E-state index in [0.717, 1.165) is 60.4 Å². The van der Waals surface area contributed by atoms with Crippen LogP contribution in [0, 0.1) is 0 Å². The molecule has 0 N–H and O–H groups in total.